The van der Waals surface area contributed by atoms with Crippen molar-refractivity contribution in [3.8, 4) is 11.5 Å². The summed E-state index contributed by atoms with van der Waals surface area (Å²) in [6, 6.07) is 10.1. The fraction of sp³-hybridized carbons (Fsp3) is 0.375. The predicted octanol–water partition coefficient (Wildman–Crippen LogP) is 3.91. The maximum Gasteiger partial charge on any atom is 0.586 e. The van der Waals surface area contributed by atoms with Gasteiger partial charge >= 0.3 is 12.3 Å². The van der Waals surface area contributed by atoms with Crippen LogP contribution in [0.3, 0.4) is 0 Å². The van der Waals surface area contributed by atoms with Crippen LogP contribution in [-0.2, 0) is 6.54 Å². The van der Waals surface area contributed by atoms with Crippen LogP contribution in [0.25, 0.3) is 0 Å². The van der Waals surface area contributed by atoms with E-state index in [1.54, 1.807) is 11.0 Å². The van der Waals surface area contributed by atoms with Gasteiger partial charge in [0.2, 0.25) is 0 Å². The Morgan fingerprint density at radius 2 is 1.94 bits per heavy atom. The molecule has 0 bridgehead atoms. The molecule has 36 heavy (non-hydrogen) atoms. The number of ether oxygens (including phenoxy) is 2. The number of H-pyrrole nitrogens is 1. The highest BCUT2D eigenvalue weighted by molar-refractivity contribution is 5.75. The number of amides is 2. The Morgan fingerprint density at radius 3 is 2.69 bits per heavy atom. The van der Waals surface area contributed by atoms with Gasteiger partial charge in [0.1, 0.15) is 11.6 Å². The van der Waals surface area contributed by atoms with Crippen molar-refractivity contribution in [3.05, 3.63) is 53.2 Å². The maximum absolute atomic E-state index is 13.2. The number of fused-ring (bicyclic) bond motifs is 1. The molecule has 2 amide bonds. The quantitative estimate of drug-likeness (QED) is 0.489. The molecule has 2 aliphatic rings. The number of aromatic nitrogens is 3. The predicted molar refractivity (Wildman–Crippen MR) is 129 cm³/mol. The molecule has 0 spiro atoms. The van der Waals surface area contributed by atoms with Gasteiger partial charge < -0.3 is 29.9 Å². The number of halogens is 2. The fourth-order valence-corrected chi connectivity index (χ4v) is 4.34. The standard InChI is InChI=1S/C24H27F2N7O3/c1-14-8-20(28-21-10-15(2)30-31-21)29-22(9-14)32-6-7-33(16(3)13-32)23(34)27-12-17-4-5-18-19(11-17)36-24(25,26)35-18/h4-5,8-11,16H,6-7,12-13H2,1-3H3,(H,27,34)(H2,28,29,30,31). The highest BCUT2D eigenvalue weighted by Crippen LogP contribution is 2.41. The van der Waals surface area contributed by atoms with Crippen molar-refractivity contribution in [2.24, 2.45) is 0 Å². The number of nitrogens with zero attached hydrogens (tertiary/aromatic N) is 4. The first-order valence-corrected chi connectivity index (χ1v) is 11.6. The van der Waals surface area contributed by atoms with Crippen LogP contribution in [0.15, 0.2) is 36.4 Å². The summed E-state index contributed by atoms with van der Waals surface area (Å²) in [5.74, 6) is 2.15. The van der Waals surface area contributed by atoms with Gasteiger partial charge in [0.15, 0.2) is 17.3 Å². The van der Waals surface area contributed by atoms with Gasteiger partial charge in [-0.1, -0.05) is 6.07 Å². The van der Waals surface area contributed by atoms with Gasteiger partial charge in [-0.3, -0.25) is 5.10 Å². The smallest absolute Gasteiger partial charge is 0.395 e. The van der Waals surface area contributed by atoms with Crippen LogP contribution in [0.1, 0.15) is 23.7 Å². The number of hydrogen-bond acceptors (Lipinski definition) is 7. The molecular formula is C24H27F2N7O3. The summed E-state index contributed by atoms with van der Waals surface area (Å²) in [5.41, 5.74) is 2.64. The molecule has 12 heteroatoms. The SMILES string of the molecule is Cc1cc(Nc2cc(C)[nH]n2)nc(N2CCN(C(=O)NCc3ccc4c(c3)OC(F)(F)O4)C(C)C2)c1. The Bertz CT molecular complexity index is 1280. The minimum atomic E-state index is -3.67. The third kappa shape index (κ3) is 5.11. The number of alkyl halides is 2. The largest absolute Gasteiger partial charge is 0.586 e. The van der Waals surface area contributed by atoms with Gasteiger partial charge in [0, 0.05) is 44.0 Å². The van der Waals surface area contributed by atoms with E-state index in [-0.39, 0.29) is 30.1 Å². The van der Waals surface area contributed by atoms with Gasteiger partial charge in [0.05, 0.1) is 0 Å². The van der Waals surface area contributed by atoms with E-state index < -0.39 is 6.29 Å². The molecule has 0 aliphatic carbocycles. The van der Waals surface area contributed by atoms with Crippen LogP contribution in [0.5, 0.6) is 11.5 Å². The van der Waals surface area contributed by atoms with Crippen molar-refractivity contribution in [1.82, 2.24) is 25.4 Å². The second-order valence-corrected chi connectivity index (χ2v) is 9.04. The summed E-state index contributed by atoms with van der Waals surface area (Å²) in [5, 5.41) is 13.2. The van der Waals surface area contributed by atoms with Crippen LogP contribution in [0, 0.1) is 13.8 Å². The van der Waals surface area contributed by atoms with Crippen molar-refractivity contribution in [1.29, 1.82) is 0 Å². The van der Waals surface area contributed by atoms with E-state index in [2.05, 4.69) is 35.2 Å². The summed E-state index contributed by atoms with van der Waals surface area (Å²) in [6.07, 6.45) is -3.67. The number of pyridine rings is 1. The summed E-state index contributed by atoms with van der Waals surface area (Å²) in [7, 11) is 0. The number of aryl methyl sites for hydroxylation is 2. The number of aromatic amines is 1. The van der Waals surface area contributed by atoms with Crippen molar-refractivity contribution in [2.45, 2.75) is 39.7 Å². The average molecular weight is 500 g/mol. The molecule has 3 N–H and O–H groups in total. The zero-order valence-corrected chi connectivity index (χ0v) is 20.1. The number of urea groups is 1. The first-order valence-electron chi connectivity index (χ1n) is 11.6. The average Bonchev–Trinajstić information content (AvgIpc) is 3.36. The molecule has 4 heterocycles. The van der Waals surface area contributed by atoms with Gasteiger partial charge in [-0.15, -0.1) is 8.78 Å². The maximum atomic E-state index is 13.2. The van der Waals surface area contributed by atoms with E-state index in [1.807, 2.05) is 39.0 Å². The molecule has 1 saturated heterocycles. The summed E-state index contributed by atoms with van der Waals surface area (Å²) in [6.45, 7) is 7.84. The number of piperazine rings is 1. The molecule has 3 aromatic rings. The van der Waals surface area contributed by atoms with E-state index in [4.69, 9.17) is 4.98 Å². The van der Waals surface area contributed by atoms with E-state index in [0.717, 1.165) is 17.1 Å². The Kier molecular flexibility index (Phi) is 6.02. The van der Waals surface area contributed by atoms with Crippen molar-refractivity contribution < 1.29 is 23.0 Å². The van der Waals surface area contributed by atoms with Gasteiger partial charge in [-0.2, -0.15) is 5.10 Å². The Morgan fingerprint density at radius 1 is 1.14 bits per heavy atom. The first-order chi connectivity index (χ1) is 17.1. The minimum Gasteiger partial charge on any atom is -0.395 e. The molecule has 1 fully saturated rings. The first kappa shape index (κ1) is 23.6. The lowest BCUT2D eigenvalue weighted by molar-refractivity contribution is -0.286. The third-order valence-corrected chi connectivity index (χ3v) is 6.04. The number of carbonyl (C=O) groups excluding carboxylic acids is 1. The Labute approximate surface area is 206 Å². The second-order valence-electron chi connectivity index (χ2n) is 9.04. The lowest BCUT2D eigenvalue weighted by atomic mass is 10.1. The summed E-state index contributed by atoms with van der Waals surface area (Å²) in [4.78, 5) is 21.5. The number of benzene rings is 1. The lowest BCUT2D eigenvalue weighted by Gasteiger charge is -2.40. The fourth-order valence-electron chi connectivity index (χ4n) is 4.34. The number of anilines is 3. The van der Waals surface area contributed by atoms with Crippen LogP contribution in [0.4, 0.5) is 31.0 Å². The molecular weight excluding hydrogens is 472 g/mol. The molecule has 1 unspecified atom stereocenters. The number of rotatable bonds is 5. The third-order valence-electron chi connectivity index (χ3n) is 6.04. The van der Waals surface area contributed by atoms with Crippen molar-refractivity contribution >= 4 is 23.5 Å². The molecule has 10 nitrogen and oxygen atoms in total. The van der Waals surface area contributed by atoms with Gasteiger partial charge in [-0.05, 0) is 56.2 Å². The molecule has 0 saturated carbocycles. The molecule has 2 aliphatic heterocycles. The molecule has 0 radical (unpaired) electrons. The Balaban J connectivity index is 1.18. The number of nitrogens with one attached hydrogen (secondary N) is 3. The zero-order chi connectivity index (χ0) is 25.4. The number of carbonyl (C=O) groups is 1. The van der Waals surface area contributed by atoms with Crippen molar-refractivity contribution in [2.75, 3.05) is 29.9 Å². The highest BCUT2D eigenvalue weighted by atomic mass is 19.3. The van der Waals surface area contributed by atoms with Crippen LogP contribution >= 0.6 is 0 Å². The lowest BCUT2D eigenvalue weighted by Crippen LogP contribution is -2.56. The van der Waals surface area contributed by atoms with E-state index >= 15 is 0 Å². The summed E-state index contributed by atoms with van der Waals surface area (Å²) >= 11 is 0. The zero-order valence-electron chi connectivity index (χ0n) is 20.1. The van der Waals surface area contributed by atoms with Crippen LogP contribution in [-0.4, -0.2) is 58.1 Å². The van der Waals surface area contributed by atoms with E-state index in [9.17, 15) is 13.6 Å². The van der Waals surface area contributed by atoms with Crippen LogP contribution < -0.4 is 25.0 Å². The molecule has 1 atom stereocenters. The summed E-state index contributed by atoms with van der Waals surface area (Å²) < 4.78 is 35.3. The Hall–Kier alpha value is -4.09. The van der Waals surface area contributed by atoms with Gasteiger partial charge in [-0.25, -0.2) is 9.78 Å². The normalized spacial score (nSPS) is 18.3. The van der Waals surface area contributed by atoms with Crippen molar-refractivity contribution in [3.63, 3.8) is 0 Å². The molecule has 1 aromatic carbocycles. The monoisotopic (exact) mass is 499 g/mol. The molecule has 2 aromatic heterocycles. The minimum absolute atomic E-state index is 0.0255. The molecule has 5 rings (SSSR count). The van der Waals surface area contributed by atoms with Crippen LogP contribution in [0.2, 0.25) is 0 Å². The second kappa shape index (κ2) is 9.17. The number of hydrogen-bond donors (Lipinski definition) is 3. The highest BCUT2D eigenvalue weighted by Gasteiger charge is 2.43. The van der Waals surface area contributed by atoms with E-state index in [1.165, 1.54) is 12.1 Å². The molecule has 190 valence electrons. The van der Waals surface area contributed by atoms with Gasteiger partial charge in [0.25, 0.3) is 0 Å². The van der Waals surface area contributed by atoms with E-state index in [0.29, 0.717) is 36.8 Å². The topological polar surface area (TPSA) is 108 Å².